The zero-order valence-corrected chi connectivity index (χ0v) is 17.5. The molecule has 0 radical (unpaired) electrons. The Labute approximate surface area is 181 Å². The molecule has 1 heterocycles. The number of hydrogen-bond donors (Lipinski definition) is 1. The molecule has 0 fully saturated rings. The van der Waals surface area contributed by atoms with Crippen LogP contribution in [0, 0.1) is 0 Å². The molecule has 0 aliphatic carbocycles. The Balaban J connectivity index is 1.51. The minimum atomic E-state index is -1.67. The average Bonchev–Trinajstić information content (AvgIpc) is 2.79. The molecule has 1 atom stereocenters. The molecule has 1 aliphatic rings. The number of likely N-dealkylation sites (N-methyl/N-ethyl adjacent to an activating group) is 1. The highest BCUT2D eigenvalue weighted by Crippen LogP contribution is 2.38. The van der Waals surface area contributed by atoms with Crippen molar-refractivity contribution in [3.8, 4) is 11.5 Å². The van der Waals surface area contributed by atoms with E-state index in [-0.39, 0.29) is 0 Å². The fraction of sp³-hybridized carbons (Fsp3) is 0.200. The molecule has 158 valence electrons. The third-order valence-electron chi connectivity index (χ3n) is 5.21. The molecule has 6 nitrogen and oxygen atoms in total. The average molecular weight is 416 g/mol. The van der Waals surface area contributed by atoms with Crippen LogP contribution in [0.5, 0.6) is 11.5 Å². The van der Waals surface area contributed by atoms with Gasteiger partial charge in [-0.15, -0.1) is 0 Å². The molecule has 2 amide bonds. The number of carbonyl (C=O) groups is 2. The first-order valence-electron chi connectivity index (χ1n) is 10.2. The van der Waals surface area contributed by atoms with Crippen molar-refractivity contribution in [3.63, 3.8) is 0 Å². The number of carbonyl (C=O) groups excluding carboxylic acids is 2. The lowest BCUT2D eigenvalue weighted by Gasteiger charge is -2.39. The van der Waals surface area contributed by atoms with Gasteiger partial charge in [0.15, 0.2) is 0 Å². The molecule has 6 heteroatoms. The molecule has 1 N–H and O–H groups in total. The fourth-order valence-corrected chi connectivity index (χ4v) is 3.53. The number of benzene rings is 3. The lowest BCUT2D eigenvalue weighted by atomic mass is 9.99. The smallest absolute Gasteiger partial charge is 0.280 e. The third-order valence-corrected chi connectivity index (χ3v) is 5.21. The van der Waals surface area contributed by atoms with Gasteiger partial charge in [0, 0.05) is 12.2 Å². The number of para-hydroxylation sites is 3. The van der Waals surface area contributed by atoms with E-state index in [0.717, 1.165) is 11.3 Å². The molecular formula is C25H24N2O4. The molecule has 1 aliphatic heterocycles. The van der Waals surface area contributed by atoms with Gasteiger partial charge in [-0.2, -0.15) is 0 Å². The van der Waals surface area contributed by atoms with Gasteiger partial charge in [0.05, 0.1) is 5.69 Å². The van der Waals surface area contributed by atoms with Gasteiger partial charge in [-0.05, 0) is 55.8 Å². The molecule has 3 aromatic carbocycles. The van der Waals surface area contributed by atoms with Crippen LogP contribution in [0.1, 0.15) is 19.4 Å². The van der Waals surface area contributed by atoms with Gasteiger partial charge in [0.25, 0.3) is 17.4 Å². The van der Waals surface area contributed by atoms with E-state index >= 15 is 0 Å². The van der Waals surface area contributed by atoms with E-state index in [0.29, 0.717) is 30.3 Å². The Morgan fingerprint density at radius 3 is 2.55 bits per heavy atom. The summed E-state index contributed by atoms with van der Waals surface area (Å²) in [7, 11) is 0. The van der Waals surface area contributed by atoms with Crippen molar-refractivity contribution >= 4 is 23.2 Å². The Morgan fingerprint density at radius 1 is 1.03 bits per heavy atom. The van der Waals surface area contributed by atoms with E-state index in [4.69, 9.17) is 9.47 Å². The molecule has 0 saturated carbocycles. The summed E-state index contributed by atoms with van der Waals surface area (Å²) in [6, 6.07) is 24.1. The van der Waals surface area contributed by atoms with E-state index < -0.39 is 17.4 Å². The van der Waals surface area contributed by atoms with Gasteiger partial charge in [0.1, 0.15) is 18.1 Å². The summed E-state index contributed by atoms with van der Waals surface area (Å²) < 4.78 is 11.7. The summed E-state index contributed by atoms with van der Waals surface area (Å²) in [6.07, 6.45) is 0. The number of anilines is 2. The van der Waals surface area contributed by atoms with Crippen LogP contribution in [0.3, 0.4) is 0 Å². The van der Waals surface area contributed by atoms with Gasteiger partial charge in [-0.3, -0.25) is 9.59 Å². The molecule has 0 aromatic heterocycles. The molecule has 0 saturated heterocycles. The maximum absolute atomic E-state index is 13.1. The SMILES string of the molecule is CCN1C(=O)C(C)(C(=O)Nc2cccc(COc3ccccc3)c2)Oc2ccccc21. The summed E-state index contributed by atoms with van der Waals surface area (Å²) in [5.74, 6) is 0.358. The quantitative estimate of drug-likeness (QED) is 0.605. The van der Waals surface area contributed by atoms with Crippen LogP contribution in [-0.2, 0) is 16.2 Å². The van der Waals surface area contributed by atoms with E-state index in [9.17, 15) is 9.59 Å². The van der Waals surface area contributed by atoms with Gasteiger partial charge < -0.3 is 19.7 Å². The minimum absolute atomic E-state index is 0.359. The van der Waals surface area contributed by atoms with Crippen molar-refractivity contribution in [2.24, 2.45) is 0 Å². The van der Waals surface area contributed by atoms with Crippen LogP contribution < -0.4 is 19.7 Å². The van der Waals surface area contributed by atoms with Crippen LogP contribution >= 0.6 is 0 Å². The highest BCUT2D eigenvalue weighted by molar-refractivity contribution is 6.19. The number of amides is 2. The van der Waals surface area contributed by atoms with Crippen LogP contribution in [0.15, 0.2) is 78.9 Å². The lowest BCUT2D eigenvalue weighted by Crippen LogP contribution is -2.60. The van der Waals surface area contributed by atoms with Gasteiger partial charge in [-0.1, -0.05) is 42.5 Å². The predicted molar refractivity (Wildman–Crippen MR) is 119 cm³/mol. The number of nitrogens with one attached hydrogen (secondary N) is 1. The Morgan fingerprint density at radius 2 is 1.77 bits per heavy atom. The second kappa shape index (κ2) is 8.52. The van der Waals surface area contributed by atoms with Crippen LogP contribution in [0.25, 0.3) is 0 Å². The highest BCUT2D eigenvalue weighted by atomic mass is 16.5. The molecule has 31 heavy (non-hydrogen) atoms. The standard InChI is InChI=1S/C25H24N2O4/c1-3-27-21-14-7-8-15-22(21)31-25(2,24(27)29)23(28)26-19-11-9-10-18(16-19)17-30-20-12-5-4-6-13-20/h4-16H,3,17H2,1-2H3,(H,26,28). The number of hydrogen-bond acceptors (Lipinski definition) is 4. The maximum Gasteiger partial charge on any atom is 0.280 e. The monoisotopic (exact) mass is 416 g/mol. The zero-order chi connectivity index (χ0) is 21.8. The van der Waals surface area contributed by atoms with E-state index in [1.807, 2.05) is 73.7 Å². The molecular weight excluding hydrogens is 392 g/mol. The van der Waals surface area contributed by atoms with Crippen molar-refractivity contribution in [3.05, 3.63) is 84.4 Å². The second-order valence-corrected chi connectivity index (χ2v) is 7.41. The number of rotatable bonds is 6. The highest BCUT2D eigenvalue weighted by Gasteiger charge is 2.50. The van der Waals surface area contributed by atoms with Gasteiger partial charge in [0.2, 0.25) is 0 Å². The van der Waals surface area contributed by atoms with Crippen molar-refractivity contribution in [1.29, 1.82) is 0 Å². The summed E-state index contributed by atoms with van der Waals surface area (Å²) in [6.45, 7) is 4.17. The van der Waals surface area contributed by atoms with Gasteiger partial charge >= 0.3 is 0 Å². The molecule has 1 unspecified atom stereocenters. The molecule has 0 spiro atoms. The van der Waals surface area contributed by atoms with Crippen LogP contribution in [0.4, 0.5) is 11.4 Å². The lowest BCUT2D eigenvalue weighted by molar-refractivity contribution is -0.145. The molecule has 0 bridgehead atoms. The van der Waals surface area contributed by atoms with Crippen molar-refractivity contribution in [2.75, 3.05) is 16.8 Å². The van der Waals surface area contributed by atoms with Crippen LogP contribution in [-0.4, -0.2) is 24.0 Å². The van der Waals surface area contributed by atoms with Crippen molar-refractivity contribution in [2.45, 2.75) is 26.1 Å². The first-order valence-corrected chi connectivity index (χ1v) is 10.2. The molecule has 4 rings (SSSR count). The first kappa shape index (κ1) is 20.5. The fourth-order valence-electron chi connectivity index (χ4n) is 3.53. The van der Waals surface area contributed by atoms with E-state index in [1.54, 1.807) is 17.0 Å². The van der Waals surface area contributed by atoms with Crippen molar-refractivity contribution in [1.82, 2.24) is 0 Å². The molecule has 3 aromatic rings. The largest absolute Gasteiger partial charge is 0.489 e. The summed E-state index contributed by atoms with van der Waals surface area (Å²) >= 11 is 0. The summed E-state index contributed by atoms with van der Waals surface area (Å²) in [5.41, 5.74) is 0.461. The maximum atomic E-state index is 13.1. The summed E-state index contributed by atoms with van der Waals surface area (Å²) in [4.78, 5) is 27.8. The third kappa shape index (κ3) is 4.10. The predicted octanol–water partition coefficient (Wildman–Crippen LogP) is 4.41. The van der Waals surface area contributed by atoms with Gasteiger partial charge in [-0.25, -0.2) is 0 Å². The number of nitrogens with zero attached hydrogens (tertiary/aromatic N) is 1. The topological polar surface area (TPSA) is 67.9 Å². The Hall–Kier alpha value is -3.80. The van der Waals surface area contributed by atoms with E-state index in [1.165, 1.54) is 6.92 Å². The second-order valence-electron chi connectivity index (χ2n) is 7.41. The first-order chi connectivity index (χ1) is 15.0. The Bertz CT molecular complexity index is 1100. The summed E-state index contributed by atoms with van der Waals surface area (Å²) in [5, 5.41) is 2.83. The Kier molecular flexibility index (Phi) is 5.62. The number of fused-ring (bicyclic) bond motifs is 1. The normalized spacial score (nSPS) is 17.5. The van der Waals surface area contributed by atoms with E-state index in [2.05, 4.69) is 5.32 Å². The van der Waals surface area contributed by atoms with Crippen LogP contribution in [0.2, 0.25) is 0 Å². The number of ether oxygens (including phenoxy) is 2. The minimum Gasteiger partial charge on any atom is -0.489 e. The van der Waals surface area contributed by atoms with Crippen molar-refractivity contribution < 1.29 is 19.1 Å². The zero-order valence-electron chi connectivity index (χ0n) is 17.5.